The first-order valence-corrected chi connectivity index (χ1v) is 5.60. The molecule has 0 spiro atoms. The SMILES string of the molecule is CC(C)NCCCCCOCC(=O)S. The molecule has 1 N–H and O–H groups in total. The summed E-state index contributed by atoms with van der Waals surface area (Å²) in [6.07, 6.45) is 3.32. The summed E-state index contributed by atoms with van der Waals surface area (Å²) < 4.78 is 5.08. The summed E-state index contributed by atoms with van der Waals surface area (Å²) in [5.74, 6) is 0. The molecule has 0 saturated heterocycles. The molecule has 0 heterocycles. The van der Waals surface area contributed by atoms with E-state index in [4.69, 9.17) is 4.74 Å². The van der Waals surface area contributed by atoms with Crippen LogP contribution in [0.4, 0.5) is 0 Å². The zero-order valence-electron chi connectivity index (χ0n) is 9.08. The van der Waals surface area contributed by atoms with Crippen LogP contribution in [0.2, 0.25) is 0 Å². The summed E-state index contributed by atoms with van der Waals surface area (Å²) in [5.41, 5.74) is 0. The van der Waals surface area contributed by atoms with Gasteiger partial charge in [-0.05, 0) is 25.8 Å². The number of carbonyl (C=O) groups excluding carboxylic acids is 1. The lowest BCUT2D eigenvalue weighted by Crippen LogP contribution is -2.23. The van der Waals surface area contributed by atoms with Crippen molar-refractivity contribution in [3.8, 4) is 0 Å². The number of hydrogen-bond acceptors (Lipinski definition) is 3. The smallest absolute Gasteiger partial charge is 0.211 e. The van der Waals surface area contributed by atoms with Gasteiger partial charge in [0.25, 0.3) is 0 Å². The van der Waals surface area contributed by atoms with Gasteiger partial charge in [-0.1, -0.05) is 13.8 Å². The molecule has 0 unspecified atom stereocenters. The van der Waals surface area contributed by atoms with E-state index in [2.05, 4.69) is 31.8 Å². The summed E-state index contributed by atoms with van der Waals surface area (Å²) in [5, 5.41) is 3.15. The molecule has 0 fully saturated rings. The van der Waals surface area contributed by atoms with Gasteiger partial charge < -0.3 is 10.1 Å². The Morgan fingerprint density at radius 3 is 2.64 bits per heavy atom. The molecule has 0 amide bonds. The minimum Gasteiger partial charge on any atom is -0.373 e. The fourth-order valence-electron chi connectivity index (χ4n) is 1.06. The van der Waals surface area contributed by atoms with Gasteiger partial charge in [0.2, 0.25) is 5.12 Å². The van der Waals surface area contributed by atoms with E-state index in [0.29, 0.717) is 12.6 Å². The van der Waals surface area contributed by atoms with Crippen molar-refractivity contribution in [2.24, 2.45) is 0 Å². The second-order valence-corrected chi connectivity index (χ2v) is 4.11. The van der Waals surface area contributed by atoms with Crippen LogP contribution in [0.3, 0.4) is 0 Å². The maximum atomic E-state index is 10.4. The van der Waals surface area contributed by atoms with Gasteiger partial charge in [0.1, 0.15) is 6.61 Å². The fraction of sp³-hybridized carbons (Fsp3) is 0.900. The first-order chi connectivity index (χ1) is 6.63. The molecule has 0 radical (unpaired) electrons. The first-order valence-electron chi connectivity index (χ1n) is 5.16. The fourth-order valence-corrected chi connectivity index (χ4v) is 1.15. The van der Waals surface area contributed by atoms with Gasteiger partial charge in [0.15, 0.2) is 0 Å². The highest BCUT2D eigenvalue weighted by atomic mass is 32.1. The molecule has 0 aromatic carbocycles. The standard InChI is InChI=1S/C10H21NO2S/c1-9(2)11-6-4-3-5-7-13-8-10(12)14/h9,11H,3-8H2,1-2H3,(H,12,14). The number of ether oxygens (including phenoxy) is 1. The third-order valence-electron chi connectivity index (χ3n) is 1.74. The number of thiol groups is 1. The van der Waals surface area contributed by atoms with Gasteiger partial charge in [-0.15, -0.1) is 12.6 Å². The van der Waals surface area contributed by atoms with E-state index in [9.17, 15) is 4.79 Å². The van der Waals surface area contributed by atoms with Crippen LogP contribution in [0.25, 0.3) is 0 Å². The van der Waals surface area contributed by atoms with E-state index < -0.39 is 0 Å². The normalized spacial score (nSPS) is 10.9. The van der Waals surface area contributed by atoms with Crippen LogP contribution < -0.4 is 5.32 Å². The van der Waals surface area contributed by atoms with Crippen LogP contribution in [0.15, 0.2) is 0 Å². The van der Waals surface area contributed by atoms with Gasteiger partial charge in [-0.2, -0.15) is 0 Å². The van der Waals surface area contributed by atoms with E-state index in [1.807, 2.05) is 0 Å². The number of hydrogen-bond donors (Lipinski definition) is 2. The number of carbonyl (C=O) groups is 1. The van der Waals surface area contributed by atoms with Crippen molar-refractivity contribution in [1.82, 2.24) is 5.32 Å². The van der Waals surface area contributed by atoms with Crippen LogP contribution in [-0.4, -0.2) is 30.9 Å². The molecular formula is C10H21NO2S. The second-order valence-electron chi connectivity index (χ2n) is 3.62. The van der Waals surface area contributed by atoms with Gasteiger partial charge in [0.05, 0.1) is 0 Å². The number of nitrogens with one attached hydrogen (secondary N) is 1. The molecular weight excluding hydrogens is 198 g/mol. The van der Waals surface area contributed by atoms with Crippen LogP contribution >= 0.6 is 12.6 Å². The van der Waals surface area contributed by atoms with Crippen molar-refractivity contribution in [1.29, 1.82) is 0 Å². The summed E-state index contributed by atoms with van der Waals surface area (Å²) in [6.45, 7) is 6.13. The van der Waals surface area contributed by atoms with Crippen molar-refractivity contribution >= 4 is 17.7 Å². The molecule has 4 heteroatoms. The molecule has 0 saturated carbocycles. The van der Waals surface area contributed by atoms with Crippen molar-refractivity contribution in [2.75, 3.05) is 19.8 Å². The Morgan fingerprint density at radius 1 is 1.36 bits per heavy atom. The second kappa shape index (κ2) is 9.49. The molecule has 14 heavy (non-hydrogen) atoms. The Labute approximate surface area is 92.0 Å². The highest BCUT2D eigenvalue weighted by molar-refractivity contribution is 7.96. The molecule has 0 atom stereocenters. The predicted molar refractivity (Wildman–Crippen MR) is 61.8 cm³/mol. The Morgan fingerprint density at radius 2 is 2.07 bits per heavy atom. The van der Waals surface area contributed by atoms with Crippen LogP contribution in [0.5, 0.6) is 0 Å². The molecule has 0 aromatic rings. The molecule has 0 rings (SSSR count). The zero-order chi connectivity index (χ0) is 10.8. The van der Waals surface area contributed by atoms with Crippen LogP contribution in [0.1, 0.15) is 33.1 Å². The molecule has 0 bridgehead atoms. The molecule has 0 aromatic heterocycles. The largest absolute Gasteiger partial charge is 0.373 e. The van der Waals surface area contributed by atoms with Crippen molar-refractivity contribution < 1.29 is 9.53 Å². The lowest BCUT2D eigenvalue weighted by atomic mass is 10.2. The minimum atomic E-state index is -0.202. The third kappa shape index (κ3) is 11.9. The predicted octanol–water partition coefficient (Wildman–Crippen LogP) is 1.63. The minimum absolute atomic E-state index is 0.132. The first kappa shape index (κ1) is 13.9. The lowest BCUT2D eigenvalue weighted by molar-refractivity contribution is -0.114. The summed E-state index contributed by atoms with van der Waals surface area (Å²) in [6, 6.07) is 0.563. The quantitative estimate of drug-likeness (QED) is 0.457. The van der Waals surface area contributed by atoms with Crippen molar-refractivity contribution in [2.45, 2.75) is 39.2 Å². The summed E-state index contributed by atoms with van der Waals surface area (Å²) in [7, 11) is 0. The molecule has 0 aliphatic rings. The monoisotopic (exact) mass is 219 g/mol. The van der Waals surface area contributed by atoms with E-state index in [1.54, 1.807) is 0 Å². The summed E-state index contributed by atoms with van der Waals surface area (Å²) in [4.78, 5) is 10.4. The zero-order valence-corrected chi connectivity index (χ0v) is 9.98. The van der Waals surface area contributed by atoms with E-state index >= 15 is 0 Å². The maximum absolute atomic E-state index is 10.4. The Balaban J connectivity index is 2.96. The Bertz CT molecular complexity index is 151. The van der Waals surface area contributed by atoms with Crippen LogP contribution in [0, 0.1) is 0 Å². The average Bonchev–Trinajstić information content (AvgIpc) is 2.08. The topological polar surface area (TPSA) is 38.3 Å². The van der Waals surface area contributed by atoms with Gasteiger partial charge in [-0.25, -0.2) is 0 Å². The average molecular weight is 219 g/mol. The maximum Gasteiger partial charge on any atom is 0.211 e. The van der Waals surface area contributed by atoms with Gasteiger partial charge in [-0.3, -0.25) is 4.79 Å². The van der Waals surface area contributed by atoms with E-state index in [1.165, 1.54) is 0 Å². The number of unbranched alkanes of at least 4 members (excludes halogenated alkanes) is 2. The number of rotatable bonds is 9. The highest BCUT2D eigenvalue weighted by Crippen LogP contribution is 1.95. The van der Waals surface area contributed by atoms with Gasteiger partial charge >= 0.3 is 0 Å². The lowest BCUT2D eigenvalue weighted by Gasteiger charge is -2.07. The Hall–Kier alpha value is -0.0600. The third-order valence-corrected chi connectivity index (χ3v) is 1.87. The molecule has 0 aliphatic carbocycles. The molecule has 84 valence electrons. The van der Waals surface area contributed by atoms with Crippen LogP contribution in [-0.2, 0) is 9.53 Å². The highest BCUT2D eigenvalue weighted by Gasteiger charge is 1.95. The van der Waals surface area contributed by atoms with Crippen molar-refractivity contribution in [3.63, 3.8) is 0 Å². The van der Waals surface area contributed by atoms with E-state index in [0.717, 1.165) is 25.8 Å². The molecule has 3 nitrogen and oxygen atoms in total. The van der Waals surface area contributed by atoms with Crippen molar-refractivity contribution in [3.05, 3.63) is 0 Å². The Kier molecular flexibility index (Phi) is 9.45. The summed E-state index contributed by atoms with van der Waals surface area (Å²) >= 11 is 3.61. The molecule has 0 aliphatic heterocycles. The van der Waals surface area contributed by atoms with Gasteiger partial charge in [0, 0.05) is 12.6 Å². The van der Waals surface area contributed by atoms with E-state index in [-0.39, 0.29) is 11.7 Å².